The van der Waals surface area contributed by atoms with Gasteiger partial charge in [0.1, 0.15) is 0 Å². The summed E-state index contributed by atoms with van der Waals surface area (Å²) < 4.78 is 0. The standard InChI is InChI=1S/C29H25NOS/c31-29-27(26-19-11-10-16-24(26)21-32-25-17-8-3-9-18-25)28(23-14-6-2-7-15-23)30(29)20-22-12-4-1-5-13-22/h1-19,27-28H,20-21H2/t27-,28-/m0/s1. The van der Waals surface area contributed by atoms with Gasteiger partial charge in [-0.2, -0.15) is 0 Å². The third-order valence-electron chi connectivity index (χ3n) is 6.07. The first kappa shape index (κ1) is 20.6. The molecule has 1 saturated heterocycles. The van der Waals surface area contributed by atoms with E-state index in [1.54, 1.807) is 0 Å². The van der Waals surface area contributed by atoms with Gasteiger partial charge in [-0.1, -0.05) is 103 Å². The van der Waals surface area contributed by atoms with Gasteiger partial charge in [0.25, 0.3) is 0 Å². The summed E-state index contributed by atoms with van der Waals surface area (Å²) in [7, 11) is 0. The fourth-order valence-corrected chi connectivity index (χ4v) is 5.41. The number of rotatable bonds is 7. The quantitative estimate of drug-likeness (QED) is 0.234. The Hall–Kier alpha value is -3.30. The van der Waals surface area contributed by atoms with Gasteiger partial charge in [0.15, 0.2) is 0 Å². The highest BCUT2D eigenvalue weighted by atomic mass is 32.2. The lowest BCUT2D eigenvalue weighted by Gasteiger charge is -2.48. The predicted molar refractivity (Wildman–Crippen MR) is 131 cm³/mol. The molecule has 0 saturated carbocycles. The summed E-state index contributed by atoms with van der Waals surface area (Å²) >= 11 is 1.82. The van der Waals surface area contributed by atoms with Gasteiger partial charge in [-0.15, -0.1) is 11.8 Å². The summed E-state index contributed by atoms with van der Waals surface area (Å²) in [6.07, 6.45) is 0. The topological polar surface area (TPSA) is 20.3 Å². The molecule has 0 aliphatic carbocycles. The van der Waals surface area contributed by atoms with Crippen molar-refractivity contribution in [1.29, 1.82) is 0 Å². The van der Waals surface area contributed by atoms with Crippen molar-refractivity contribution in [2.45, 2.75) is 29.2 Å². The average molecular weight is 436 g/mol. The van der Waals surface area contributed by atoms with E-state index in [1.807, 2.05) is 47.0 Å². The molecule has 1 aliphatic heterocycles. The monoisotopic (exact) mass is 435 g/mol. The van der Waals surface area contributed by atoms with Crippen LogP contribution in [0.25, 0.3) is 0 Å². The second-order valence-electron chi connectivity index (χ2n) is 8.09. The van der Waals surface area contributed by atoms with E-state index in [0.29, 0.717) is 6.54 Å². The predicted octanol–water partition coefficient (Wildman–Crippen LogP) is 6.85. The van der Waals surface area contributed by atoms with Crippen molar-refractivity contribution in [3.05, 3.63) is 138 Å². The summed E-state index contributed by atoms with van der Waals surface area (Å²) in [5.74, 6) is 0.915. The molecule has 5 rings (SSSR count). The molecule has 1 fully saturated rings. The molecule has 2 nitrogen and oxygen atoms in total. The van der Waals surface area contributed by atoms with E-state index in [9.17, 15) is 4.79 Å². The van der Waals surface area contributed by atoms with E-state index in [-0.39, 0.29) is 17.9 Å². The van der Waals surface area contributed by atoms with Crippen LogP contribution in [0.1, 0.15) is 34.2 Å². The first-order chi connectivity index (χ1) is 15.8. The normalized spacial score (nSPS) is 17.8. The van der Waals surface area contributed by atoms with Gasteiger partial charge < -0.3 is 4.90 Å². The van der Waals surface area contributed by atoms with Crippen LogP contribution in [0.2, 0.25) is 0 Å². The molecule has 0 N–H and O–H groups in total. The van der Waals surface area contributed by atoms with Crippen LogP contribution >= 0.6 is 11.8 Å². The van der Waals surface area contributed by atoms with Crippen molar-refractivity contribution < 1.29 is 4.79 Å². The Morgan fingerprint density at radius 1 is 0.688 bits per heavy atom. The molecule has 1 amide bonds. The van der Waals surface area contributed by atoms with Crippen molar-refractivity contribution in [3.8, 4) is 0 Å². The number of benzene rings is 4. The number of thioether (sulfide) groups is 1. The summed E-state index contributed by atoms with van der Waals surface area (Å²) in [5.41, 5.74) is 4.74. The smallest absolute Gasteiger partial charge is 0.233 e. The maximum atomic E-state index is 13.5. The summed E-state index contributed by atoms with van der Waals surface area (Å²) in [5, 5.41) is 0. The second kappa shape index (κ2) is 9.46. The van der Waals surface area contributed by atoms with Crippen molar-refractivity contribution in [1.82, 2.24) is 4.90 Å². The van der Waals surface area contributed by atoms with Gasteiger partial charge in [0, 0.05) is 17.2 Å². The van der Waals surface area contributed by atoms with Gasteiger partial charge in [-0.3, -0.25) is 4.79 Å². The fourth-order valence-electron chi connectivity index (χ4n) is 4.48. The maximum absolute atomic E-state index is 13.5. The Kier molecular flexibility index (Phi) is 6.09. The van der Waals surface area contributed by atoms with E-state index in [2.05, 4.69) is 84.9 Å². The van der Waals surface area contributed by atoms with Crippen LogP contribution in [0, 0.1) is 0 Å². The number of nitrogens with zero attached hydrogens (tertiary/aromatic N) is 1. The maximum Gasteiger partial charge on any atom is 0.233 e. The summed E-state index contributed by atoms with van der Waals surface area (Å²) in [6, 6.07) is 39.6. The Labute approximate surface area is 193 Å². The Balaban J connectivity index is 1.45. The van der Waals surface area contributed by atoms with Crippen LogP contribution in [0.4, 0.5) is 0 Å². The Morgan fingerprint density at radius 3 is 2.00 bits per heavy atom. The fraction of sp³-hybridized carbons (Fsp3) is 0.138. The van der Waals surface area contributed by atoms with Crippen molar-refractivity contribution in [3.63, 3.8) is 0 Å². The van der Waals surface area contributed by atoms with E-state index in [1.165, 1.54) is 16.0 Å². The Morgan fingerprint density at radius 2 is 1.28 bits per heavy atom. The molecule has 0 aromatic heterocycles. The lowest BCUT2D eigenvalue weighted by molar-refractivity contribution is -0.151. The first-order valence-electron chi connectivity index (χ1n) is 11.0. The SMILES string of the molecule is O=C1[C@@H](c2ccccc2CSc2ccccc2)[C@H](c2ccccc2)N1Cc1ccccc1. The molecule has 4 aromatic rings. The highest BCUT2D eigenvalue weighted by molar-refractivity contribution is 7.98. The minimum absolute atomic E-state index is 0.0479. The number of hydrogen-bond donors (Lipinski definition) is 0. The number of carbonyl (C=O) groups is 1. The summed E-state index contributed by atoms with van der Waals surface area (Å²) in [4.78, 5) is 16.8. The molecule has 2 atom stereocenters. The molecule has 3 heteroatoms. The zero-order valence-electron chi connectivity index (χ0n) is 17.8. The highest BCUT2D eigenvalue weighted by Crippen LogP contribution is 2.48. The van der Waals surface area contributed by atoms with Gasteiger partial charge >= 0.3 is 0 Å². The molecular weight excluding hydrogens is 410 g/mol. The minimum atomic E-state index is -0.145. The van der Waals surface area contributed by atoms with Gasteiger partial charge in [0.2, 0.25) is 5.91 Å². The zero-order valence-corrected chi connectivity index (χ0v) is 18.6. The molecular formula is C29H25NOS. The number of amides is 1. The van der Waals surface area contributed by atoms with Crippen LogP contribution < -0.4 is 0 Å². The molecule has 0 radical (unpaired) electrons. The number of β-lactam (4-membered cyclic amide) rings is 1. The number of likely N-dealkylation sites (tertiary alicyclic amines) is 1. The average Bonchev–Trinajstić information content (AvgIpc) is 2.86. The Bertz CT molecular complexity index is 1180. The van der Waals surface area contributed by atoms with Crippen LogP contribution in [-0.4, -0.2) is 10.8 Å². The van der Waals surface area contributed by atoms with E-state index in [0.717, 1.165) is 16.9 Å². The van der Waals surface area contributed by atoms with Crippen LogP contribution in [0.15, 0.2) is 120 Å². The lowest BCUT2D eigenvalue weighted by atomic mass is 9.76. The molecule has 0 spiro atoms. The van der Waals surface area contributed by atoms with E-state index >= 15 is 0 Å². The molecule has 158 valence electrons. The molecule has 32 heavy (non-hydrogen) atoms. The van der Waals surface area contributed by atoms with Gasteiger partial charge in [0.05, 0.1) is 12.0 Å². The third-order valence-corrected chi connectivity index (χ3v) is 7.13. The molecule has 0 bridgehead atoms. The third kappa shape index (κ3) is 4.21. The van der Waals surface area contributed by atoms with Crippen LogP contribution in [0.5, 0.6) is 0 Å². The molecule has 1 heterocycles. The van der Waals surface area contributed by atoms with Gasteiger partial charge in [-0.25, -0.2) is 0 Å². The van der Waals surface area contributed by atoms with Gasteiger partial charge in [-0.05, 0) is 34.4 Å². The molecule has 4 aromatic carbocycles. The lowest BCUT2D eigenvalue weighted by Crippen LogP contribution is -2.52. The van der Waals surface area contributed by atoms with Crippen molar-refractivity contribution in [2.24, 2.45) is 0 Å². The number of hydrogen-bond acceptors (Lipinski definition) is 2. The largest absolute Gasteiger partial charge is 0.330 e. The zero-order chi connectivity index (χ0) is 21.8. The minimum Gasteiger partial charge on any atom is -0.330 e. The second-order valence-corrected chi connectivity index (χ2v) is 9.13. The van der Waals surface area contributed by atoms with E-state index in [4.69, 9.17) is 0 Å². The number of carbonyl (C=O) groups excluding carboxylic acids is 1. The van der Waals surface area contributed by atoms with Crippen LogP contribution in [-0.2, 0) is 17.1 Å². The summed E-state index contributed by atoms with van der Waals surface area (Å²) in [6.45, 7) is 0.636. The van der Waals surface area contributed by atoms with Crippen molar-refractivity contribution in [2.75, 3.05) is 0 Å². The van der Waals surface area contributed by atoms with E-state index < -0.39 is 0 Å². The molecule has 0 unspecified atom stereocenters. The highest BCUT2D eigenvalue weighted by Gasteiger charge is 2.49. The van der Waals surface area contributed by atoms with Crippen LogP contribution in [0.3, 0.4) is 0 Å². The van der Waals surface area contributed by atoms with Crippen molar-refractivity contribution >= 4 is 17.7 Å². The molecule has 1 aliphatic rings. The first-order valence-corrected chi connectivity index (χ1v) is 11.9.